The topological polar surface area (TPSA) is 96.5 Å². The van der Waals surface area contributed by atoms with E-state index in [1.54, 1.807) is 20.0 Å². The quantitative estimate of drug-likeness (QED) is 0.853. The summed E-state index contributed by atoms with van der Waals surface area (Å²) in [6.45, 7) is 1.79. The lowest BCUT2D eigenvalue weighted by Crippen LogP contribution is -2.40. The Bertz CT molecular complexity index is 572. The molecule has 1 aliphatic rings. The minimum atomic E-state index is -0.935. The summed E-state index contributed by atoms with van der Waals surface area (Å²) in [7, 11) is 1.65. The Hall–Kier alpha value is -2.11. The zero-order chi connectivity index (χ0) is 15.6. The summed E-state index contributed by atoms with van der Waals surface area (Å²) in [5.74, 6) is -1.13. The maximum absolute atomic E-state index is 11.7. The molecule has 1 amide bonds. The molecule has 0 saturated carbocycles. The van der Waals surface area contributed by atoms with Gasteiger partial charge in [-0.3, -0.25) is 4.79 Å². The molecule has 0 aromatic carbocycles. The first-order valence-corrected chi connectivity index (χ1v) is 7.24. The fourth-order valence-electron chi connectivity index (χ4n) is 2.83. The van der Waals surface area contributed by atoms with Crippen molar-refractivity contribution in [3.8, 4) is 0 Å². The van der Waals surface area contributed by atoms with Crippen molar-refractivity contribution in [2.75, 3.05) is 11.9 Å². The number of nitrogens with two attached hydrogens (primary N) is 1. The van der Waals surface area contributed by atoms with Crippen LogP contribution in [0.2, 0.25) is 0 Å². The highest BCUT2D eigenvalue weighted by Gasteiger charge is 2.27. The number of aryl methyl sites for hydroxylation is 2. The van der Waals surface area contributed by atoms with Gasteiger partial charge in [-0.05, 0) is 43.7 Å². The number of aromatic nitrogens is 1. The molecule has 1 aliphatic carbocycles. The number of pyridine rings is 1. The molecular formula is C15H21N3O3. The molecule has 2 rings (SSSR count). The molecule has 1 aromatic rings. The Kier molecular flexibility index (Phi) is 4.45. The van der Waals surface area contributed by atoms with Gasteiger partial charge in [0.25, 0.3) is 5.91 Å². The van der Waals surface area contributed by atoms with Gasteiger partial charge in [0.1, 0.15) is 11.9 Å². The van der Waals surface area contributed by atoms with Crippen LogP contribution in [0.25, 0.3) is 0 Å². The van der Waals surface area contributed by atoms with Crippen LogP contribution in [0.5, 0.6) is 0 Å². The number of anilines is 1. The number of hydrogen-bond acceptors (Lipinski definition) is 4. The Labute approximate surface area is 124 Å². The van der Waals surface area contributed by atoms with Gasteiger partial charge >= 0.3 is 5.97 Å². The average Bonchev–Trinajstić information content (AvgIpc) is 2.46. The first-order valence-electron chi connectivity index (χ1n) is 7.24. The molecule has 0 fully saturated rings. The molecule has 0 saturated heterocycles. The molecule has 1 aromatic heterocycles. The number of amides is 1. The fraction of sp³-hybridized carbons (Fsp3) is 0.533. The molecule has 1 atom stereocenters. The number of likely N-dealkylation sites (N-methyl/N-ethyl adjacent to an activating group) is 1. The zero-order valence-electron chi connectivity index (χ0n) is 12.4. The van der Waals surface area contributed by atoms with Gasteiger partial charge in [-0.15, -0.1) is 0 Å². The highest BCUT2D eigenvalue weighted by Crippen LogP contribution is 2.27. The standard InChI is InChI=1S/C15H21N3O3/c1-3-12(15(20)21)18(2)14-10(13(16)19)8-9-6-4-5-7-11(9)17-14/h8,12H,3-7H2,1-2H3,(H2,16,19)(H,20,21). The molecule has 0 spiro atoms. The lowest BCUT2D eigenvalue weighted by atomic mass is 9.94. The maximum Gasteiger partial charge on any atom is 0.326 e. The Morgan fingerprint density at radius 3 is 2.67 bits per heavy atom. The van der Waals surface area contributed by atoms with Crippen molar-refractivity contribution in [1.29, 1.82) is 0 Å². The molecule has 0 bridgehead atoms. The second kappa shape index (κ2) is 6.11. The number of carboxylic acid groups (broad SMARTS) is 1. The molecule has 0 aliphatic heterocycles. The SMILES string of the molecule is CCC(C(=O)O)N(C)c1nc2c(cc1C(N)=O)CCCC2. The molecule has 21 heavy (non-hydrogen) atoms. The van der Waals surface area contributed by atoms with Crippen molar-refractivity contribution in [3.05, 3.63) is 22.9 Å². The number of fused-ring (bicyclic) bond motifs is 1. The minimum Gasteiger partial charge on any atom is -0.480 e. The van der Waals surface area contributed by atoms with Gasteiger partial charge < -0.3 is 15.7 Å². The van der Waals surface area contributed by atoms with Crippen LogP contribution in [0.4, 0.5) is 5.82 Å². The van der Waals surface area contributed by atoms with Gasteiger partial charge in [0.15, 0.2) is 0 Å². The van der Waals surface area contributed by atoms with Crippen LogP contribution < -0.4 is 10.6 Å². The van der Waals surface area contributed by atoms with Crippen LogP contribution in [0.15, 0.2) is 6.07 Å². The first kappa shape index (κ1) is 15.3. The van der Waals surface area contributed by atoms with Crippen LogP contribution >= 0.6 is 0 Å². The van der Waals surface area contributed by atoms with Crippen LogP contribution in [-0.4, -0.2) is 35.1 Å². The molecule has 6 heteroatoms. The average molecular weight is 291 g/mol. The van der Waals surface area contributed by atoms with E-state index in [0.29, 0.717) is 17.8 Å². The van der Waals surface area contributed by atoms with Gasteiger partial charge in [-0.1, -0.05) is 6.92 Å². The number of carbonyl (C=O) groups is 2. The second-order valence-corrected chi connectivity index (χ2v) is 5.41. The lowest BCUT2D eigenvalue weighted by molar-refractivity contribution is -0.138. The maximum atomic E-state index is 11.7. The first-order chi connectivity index (χ1) is 9.95. The number of primary amides is 1. The highest BCUT2D eigenvalue weighted by atomic mass is 16.4. The van der Waals surface area contributed by atoms with Crippen molar-refractivity contribution in [3.63, 3.8) is 0 Å². The second-order valence-electron chi connectivity index (χ2n) is 5.41. The van der Waals surface area contributed by atoms with E-state index in [1.165, 1.54) is 4.90 Å². The van der Waals surface area contributed by atoms with E-state index in [-0.39, 0.29) is 0 Å². The fourth-order valence-corrected chi connectivity index (χ4v) is 2.83. The number of carbonyl (C=O) groups excluding carboxylic acids is 1. The molecule has 114 valence electrons. The summed E-state index contributed by atoms with van der Waals surface area (Å²) < 4.78 is 0. The van der Waals surface area contributed by atoms with Crippen molar-refractivity contribution < 1.29 is 14.7 Å². The third-order valence-corrected chi connectivity index (χ3v) is 4.02. The summed E-state index contributed by atoms with van der Waals surface area (Å²) in [6.07, 6.45) is 4.31. The van der Waals surface area contributed by atoms with Crippen LogP contribution in [0.1, 0.15) is 47.8 Å². The van der Waals surface area contributed by atoms with E-state index >= 15 is 0 Å². The summed E-state index contributed by atoms with van der Waals surface area (Å²) in [5.41, 5.74) is 7.76. The smallest absolute Gasteiger partial charge is 0.326 e. The van der Waals surface area contributed by atoms with E-state index in [1.807, 2.05) is 0 Å². The molecule has 0 radical (unpaired) electrons. The van der Waals surface area contributed by atoms with Crippen molar-refractivity contribution in [2.45, 2.75) is 45.1 Å². The highest BCUT2D eigenvalue weighted by molar-refractivity contribution is 5.98. The van der Waals surface area contributed by atoms with Gasteiger partial charge in [0.2, 0.25) is 0 Å². The van der Waals surface area contributed by atoms with Crippen molar-refractivity contribution in [1.82, 2.24) is 4.98 Å². The largest absolute Gasteiger partial charge is 0.480 e. The lowest BCUT2D eigenvalue weighted by Gasteiger charge is -2.28. The van der Waals surface area contributed by atoms with E-state index in [0.717, 1.165) is 36.9 Å². The molecule has 1 unspecified atom stereocenters. The van der Waals surface area contributed by atoms with Gasteiger partial charge in [0, 0.05) is 12.7 Å². The molecule has 3 N–H and O–H groups in total. The normalized spacial score (nSPS) is 15.1. The summed E-state index contributed by atoms with van der Waals surface area (Å²) in [5, 5.41) is 9.29. The third-order valence-electron chi connectivity index (χ3n) is 4.02. The van der Waals surface area contributed by atoms with E-state index in [2.05, 4.69) is 4.98 Å². The molecular weight excluding hydrogens is 270 g/mol. The van der Waals surface area contributed by atoms with E-state index in [4.69, 9.17) is 5.73 Å². The predicted molar refractivity (Wildman–Crippen MR) is 79.5 cm³/mol. The predicted octanol–water partition coefficient (Wildman–Crippen LogP) is 1.36. The Morgan fingerprint density at radius 1 is 1.43 bits per heavy atom. The van der Waals surface area contributed by atoms with Crippen LogP contribution in [-0.2, 0) is 17.6 Å². The van der Waals surface area contributed by atoms with Gasteiger partial charge in [0.05, 0.1) is 5.56 Å². The number of aliphatic carboxylic acids is 1. The van der Waals surface area contributed by atoms with E-state index < -0.39 is 17.9 Å². The number of nitrogens with zero attached hydrogens (tertiary/aromatic N) is 2. The number of carboxylic acids is 1. The number of rotatable bonds is 5. The number of hydrogen-bond donors (Lipinski definition) is 2. The van der Waals surface area contributed by atoms with Gasteiger partial charge in [-0.25, -0.2) is 9.78 Å². The zero-order valence-corrected chi connectivity index (χ0v) is 12.4. The molecule has 1 heterocycles. The summed E-state index contributed by atoms with van der Waals surface area (Å²) >= 11 is 0. The Balaban J connectivity index is 2.50. The third kappa shape index (κ3) is 2.99. The van der Waals surface area contributed by atoms with Gasteiger partial charge in [-0.2, -0.15) is 0 Å². The van der Waals surface area contributed by atoms with Crippen LogP contribution in [0, 0.1) is 0 Å². The minimum absolute atomic E-state index is 0.304. The summed E-state index contributed by atoms with van der Waals surface area (Å²) in [4.78, 5) is 29.1. The summed E-state index contributed by atoms with van der Waals surface area (Å²) in [6, 6.07) is 1.06. The van der Waals surface area contributed by atoms with E-state index in [9.17, 15) is 14.7 Å². The monoisotopic (exact) mass is 291 g/mol. The van der Waals surface area contributed by atoms with Crippen LogP contribution in [0.3, 0.4) is 0 Å². The van der Waals surface area contributed by atoms with Crippen molar-refractivity contribution >= 4 is 17.7 Å². The van der Waals surface area contributed by atoms with Crippen molar-refractivity contribution in [2.24, 2.45) is 5.73 Å². The Morgan fingerprint density at radius 2 is 2.10 bits per heavy atom. The molecule has 6 nitrogen and oxygen atoms in total.